The molecule has 0 bridgehead atoms. The molecule has 0 aromatic heterocycles. The van der Waals surface area contributed by atoms with Crippen LogP contribution < -0.4 is 12.4 Å². The molecule has 0 amide bonds. The summed E-state index contributed by atoms with van der Waals surface area (Å²) in [5, 5.41) is 0. The number of hydrogen-bond donors (Lipinski definition) is 0. The third kappa shape index (κ3) is 12.9. The standard InChI is InChI=1S/C27H48P.ClH/c1-5-9-12-15-22-28(23-16-13-10-6-2,24-17-14-11-7-3)25-27-20-18-26(8-4)19-21-27;/h8,18-21H,4-7,9-17,22-25H2,1-3H3;1H/q+1;/p-1. The third-order valence-electron chi connectivity index (χ3n) is 6.19. The second kappa shape index (κ2) is 18.4. The average Bonchev–Trinajstić information content (AvgIpc) is 2.72. The van der Waals surface area contributed by atoms with Crippen LogP contribution in [0.1, 0.15) is 109 Å². The molecular weight excluding hydrogens is 391 g/mol. The molecular formula is C27H48ClP. The van der Waals surface area contributed by atoms with Crippen molar-refractivity contribution in [2.75, 3.05) is 18.5 Å². The van der Waals surface area contributed by atoms with E-state index >= 15 is 0 Å². The summed E-state index contributed by atoms with van der Waals surface area (Å²) < 4.78 is 0. The molecule has 1 rings (SSSR count). The van der Waals surface area contributed by atoms with Crippen LogP contribution in [-0.2, 0) is 6.16 Å². The van der Waals surface area contributed by atoms with Gasteiger partial charge in [0.15, 0.2) is 0 Å². The maximum atomic E-state index is 3.92. The highest BCUT2D eigenvalue weighted by Crippen LogP contribution is 2.63. The topological polar surface area (TPSA) is 0 Å². The summed E-state index contributed by atoms with van der Waals surface area (Å²) in [6, 6.07) is 9.30. The molecule has 0 nitrogen and oxygen atoms in total. The highest BCUT2D eigenvalue weighted by atomic mass is 35.5. The van der Waals surface area contributed by atoms with Crippen LogP contribution in [0.15, 0.2) is 30.8 Å². The van der Waals surface area contributed by atoms with Crippen LogP contribution in [-0.4, -0.2) is 18.5 Å². The molecule has 0 heterocycles. The van der Waals surface area contributed by atoms with Gasteiger partial charge in [-0.05, 0) is 49.7 Å². The molecule has 0 aliphatic carbocycles. The summed E-state index contributed by atoms with van der Waals surface area (Å²) in [6.07, 6.45) is 25.0. The molecule has 0 unspecified atom stereocenters. The molecule has 1 aromatic rings. The van der Waals surface area contributed by atoms with E-state index in [9.17, 15) is 0 Å². The fourth-order valence-corrected chi connectivity index (χ4v) is 9.15. The predicted molar refractivity (Wildman–Crippen MR) is 134 cm³/mol. The van der Waals surface area contributed by atoms with E-state index in [0.717, 1.165) is 0 Å². The highest BCUT2D eigenvalue weighted by Gasteiger charge is 2.35. The van der Waals surface area contributed by atoms with Crippen LogP contribution in [0.4, 0.5) is 0 Å². The molecule has 1 aromatic carbocycles. The van der Waals surface area contributed by atoms with E-state index in [1.165, 1.54) is 107 Å². The predicted octanol–water partition coefficient (Wildman–Crippen LogP) is 6.59. The van der Waals surface area contributed by atoms with Crippen LogP contribution in [0.3, 0.4) is 0 Å². The Bertz CT molecular complexity index is 462. The van der Waals surface area contributed by atoms with Gasteiger partial charge in [-0.25, -0.2) is 0 Å². The summed E-state index contributed by atoms with van der Waals surface area (Å²) in [6.45, 7) is 10.9. The molecule has 0 atom stereocenters. The average molecular weight is 439 g/mol. The van der Waals surface area contributed by atoms with E-state index in [4.69, 9.17) is 0 Å². The molecule has 29 heavy (non-hydrogen) atoms. The quantitative estimate of drug-likeness (QED) is 0.179. The Morgan fingerprint density at radius 1 is 0.655 bits per heavy atom. The number of rotatable bonds is 18. The first-order valence-electron chi connectivity index (χ1n) is 12.3. The summed E-state index contributed by atoms with van der Waals surface area (Å²) >= 11 is 0. The molecule has 0 saturated carbocycles. The largest absolute Gasteiger partial charge is 1.00 e. The Kier molecular flexibility index (Phi) is 18.2. The summed E-state index contributed by atoms with van der Waals surface area (Å²) in [7, 11) is -0.888. The van der Waals surface area contributed by atoms with Gasteiger partial charge in [0.2, 0.25) is 0 Å². The minimum Gasteiger partial charge on any atom is -1.00 e. The van der Waals surface area contributed by atoms with Crippen molar-refractivity contribution in [3.63, 3.8) is 0 Å². The summed E-state index contributed by atoms with van der Waals surface area (Å²) in [5.74, 6) is 0. The number of benzene rings is 1. The molecule has 0 saturated heterocycles. The van der Waals surface area contributed by atoms with Gasteiger partial charge in [-0.2, -0.15) is 0 Å². The lowest BCUT2D eigenvalue weighted by molar-refractivity contribution is -0.00000622. The van der Waals surface area contributed by atoms with E-state index in [-0.39, 0.29) is 12.4 Å². The SMILES string of the molecule is C=Cc1ccc(C[P+](CCCCCC)(CCCCCC)CCCCCC)cc1.[Cl-]. The minimum absolute atomic E-state index is 0. The Hall–Kier alpha value is -0.320. The van der Waals surface area contributed by atoms with E-state index in [1.807, 2.05) is 6.08 Å². The van der Waals surface area contributed by atoms with Gasteiger partial charge >= 0.3 is 0 Å². The first-order valence-corrected chi connectivity index (χ1v) is 14.8. The first kappa shape index (κ1) is 28.7. The van der Waals surface area contributed by atoms with E-state index < -0.39 is 7.26 Å². The van der Waals surface area contributed by atoms with Crippen molar-refractivity contribution in [2.45, 2.75) is 104 Å². The number of unbranched alkanes of at least 4 members (excludes halogenated alkanes) is 9. The molecule has 0 radical (unpaired) electrons. The van der Waals surface area contributed by atoms with Gasteiger partial charge in [0.25, 0.3) is 0 Å². The van der Waals surface area contributed by atoms with Crippen molar-refractivity contribution in [1.82, 2.24) is 0 Å². The maximum absolute atomic E-state index is 3.92. The molecule has 0 aliphatic rings. The lowest BCUT2D eigenvalue weighted by Gasteiger charge is -2.28. The summed E-state index contributed by atoms with van der Waals surface area (Å²) in [4.78, 5) is 0. The van der Waals surface area contributed by atoms with Crippen molar-refractivity contribution in [3.8, 4) is 0 Å². The second-order valence-corrected chi connectivity index (χ2v) is 13.1. The fourth-order valence-electron chi connectivity index (χ4n) is 4.34. The molecule has 0 spiro atoms. The molecule has 168 valence electrons. The van der Waals surface area contributed by atoms with Gasteiger partial charge in [0, 0.05) is 7.26 Å². The lowest BCUT2D eigenvalue weighted by atomic mass is 10.1. The van der Waals surface area contributed by atoms with Crippen LogP contribution in [0.25, 0.3) is 6.08 Å². The van der Waals surface area contributed by atoms with Gasteiger partial charge in [-0.3, -0.25) is 0 Å². The molecule has 0 N–H and O–H groups in total. The fraction of sp³-hybridized carbons (Fsp3) is 0.704. The Balaban J connectivity index is 0.00000784. The zero-order chi connectivity index (χ0) is 20.5. The second-order valence-electron chi connectivity index (χ2n) is 8.80. The Morgan fingerprint density at radius 3 is 1.41 bits per heavy atom. The van der Waals surface area contributed by atoms with Gasteiger partial charge in [-0.15, -0.1) is 0 Å². The zero-order valence-corrected chi connectivity index (χ0v) is 21.4. The van der Waals surface area contributed by atoms with E-state index in [0.29, 0.717) is 0 Å². The van der Waals surface area contributed by atoms with E-state index in [1.54, 1.807) is 5.56 Å². The molecule has 0 fully saturated rings. The van der Waals surface area contributed by atoms with Crippen molar-refractivity contribution in [3.05, 3.63) is 42.0 Å². The smallest absolute Gasteiger partial charge is 0.0842 e. The van der Waals surface area contributed by atoms with Crippen LogP contribution in [0, 0.1) is 0 Å². The van der Waals surface area contributed by atoms with E-state index in [2.05, 4.69) is 51.6 Å². The van der Waals surface area contributed by atoms with Gasteiger partial charge in [0.1, 0.15) is 0 Å². The summed E-state index contributed by atoms with van der Waals surface area (Å²) in [5.41, 5.74) is 2.84. The third-order valence-corrected chi connectivity index (χ3v) is 11.0. The Labute approximate surface area is 190 Å². The van der Waals surface area contributed by atoms with Crippen molar-refractivity contribution < 1.29 is 12.4 Å². The zero-order valence-electron chi connectivity index (χ0n) is 19.7. The normalized spacial score (nSPS) is 11.3. The number of halogens is 1. The van der Waals surface area contributed by atoms with Crippen molar-refractivity contribution in [1.29, 1.82) is 0 Å². The van der Waals surface area contributed by atoms with Crippen LogP contribution in [0.5, 0.6) is 0 Å². The van der Waals surface area contributed by atoms with Crippen LogP contribution in [0.2, 0.25) is 0 Å². The van der Waals surface area contributed by atoms with Gasteiger partial charge in [0.05, 0.1) is 24.6 Å². The lowest BCUT2D eigenvalue weighted by Crippen LogP contribution is -3.00. The van der Waals surface area contributed by atoms with Crippen LogP contribution >= 0.6 is 7.26 Å². The van der Waals surface area contributed by atoms with Gasteiger partial charge in [-0.1, -0.05) is 96.2 Å². The molecule has 0 aliphatic heterocycles. The maximum Gasteiger partial charge on any atom is 0.0842 e. The van der Waals surface area contributed by atoms with Crippen molar-refractivity contribution >= 4 is 13.3 Å². The van der Waals surface area contributed by atoms with Gasteiger partial charge < -0.3 is 12.4 Å². The highest BCUT2D eigenvalue weighted by molar-refractivity contribution is 7.75. The first-order chi connectivity index (χ1) is 13.7. The number of hydrogen-bond acceptors (Lipinski definition) is 0. The Morgan fingerprint density at radius 2 is 1.07 bits per heavy atom. The molecule has 2 heteroatoms. The van der Waals surface area contributed by atoms with Crippen molar-refractivity contribution in [2.24, 2.45) is 0 Å². The minimum atomic E-state index is -0.888. The monoisotopic (exact) mass is 438 g/mol.